The minimum Gasteiger partial charge on any atom is -0.410 e. The van der Waals surface area contributed by atoms with Crippen LogP contribution in [0.2, 0.25) is 0 Å². The molecule has 0 aromatic heterocycles. The highest BCUT2D eigenvalue weighted by atomic mass is 35.5. The third kappa shape index (κ3) is 4.63. The summed E-state index contributed by atoms with van der Waals surface area (Å²) in [6, 6.07) is 5.06. The van der Waals surface area contributed by atoms with Crippen LogP contribution >= 0.6 is 11.8 Å². The van der Waals surface area contributed by atoms with Gasteiger partial charge < -0.3 is 10.1 Å². The molecule has 0 saturated heterocycles. The van der Waals surface area contributed by atoms with Crippen molar-refractivity contribution in [2.24, 2.45) is 0 Å². The predicted octanol–water partition coefficient (Wildman–Crippen LogP) is 3.82. The predicted molar refractivity (Wildman–Crippen MR) is 83.9 cm³/mol. The molecule has 0 aliphatic heterocycles. The quantitative estimate of drug-likeness (QED) is 0.841. The second-order valence-corrected chi connectivity index (χ2v) is 5.19. The molecule has 1 aromatic carbocycles. The molecule has 116 valence electrons. The number of hydrogen-bond acceptors (Lipinski definition) is 3. The van der Waals surface area contributed by atoms with Gasteiger partial charge in [-0.1, -0.05) is 20.3 Å². The minimum atomic E-state index is -0.536. The number of nitrogens with zero attached hydrogens (tertiary/aromatic N) is 1. The van der Waals surface area contributed by atoms with E-state index in [2.05, 4.69) is 19.2 Å². The monoisotopic (exact) mass is 312 g/mol. The number of hydrogen-bond donors (Lipinski definition) is 1. The lowest BCUT2D eigenvalue weighted by atomic mass is 9.94. The van der Waals surface area contributed by atoms with Crippen LogP contribution in [0.4, 0.5) is 10.5 Å². The van der Waals surface area contributed by atoms with Crippen LogP contribution in [0.25, 0.3) is 0 Å². The van der Waals surface area contributed by atoms with Gasteiger partial charge in [0.2, 0.25) is 5.91 Å². The van der Waals surface area contributed by atoms with Gasteiger partial charge in [0.15, 0.2) is 0 Å². The van der Waals surface area contributed by atoms with Crippen LogP contribution in [0.15, 0.2) is 18.2 Å². The highest BCUT2D eigenvalue weighted by Gasteiger charge is 2.18. The largest absolute Gasteiger partial charge is 0.412 e. The van der Waals surface area contributed by atoms with Crippen LogP contribution in [-0.4, -0.2) is 19.0 Å². The molecular weight excluding hydrogens is 292 g/mol. The van der Waals surface area contributed by atoms with Crippen LogP contribution < -0.4 is 14.5 Å². The zero-order valence-electron chi connectivity index (χ0n) is 12.8. The number of benzene rings is 1. The van der Waals surface area contributed by atoms with E-state index in [1.807, 2.05) is 0 Å². The normalized spacial score (nSPS) is 11.7. The van der Waals surface area contributed by atoms with Crippen molar-refractivity contribution in [3.63, 3.8) is 0 Å². The first-order valence-electron chi connectivity index (χ1n) is 6.90. The first-order valence-corrected chi connectivity index (χ1v) is 7.24. The third-order valence-electron chi connectivity index (χ3n) is 3.15. The Kier molecular flexibility index (Phi) is 6.49. The van der Waals surface area contributed by atoms with Crippen molar-refractivity contribution < 1.29 is 14.3 Å². The first-order chi connectivity index (χ1) is 9.90. The lowest BCUT2D eigenvalue weighted by molar-refractivity contribution is -0.115. The van der Waals surface area contributed by atoms with Gasteiger partial charge in [-0.15, -0.1) is 0 Å². The van der Waals surface area contributed by atoms with Crippen molar-refractivity contribution in [1.29, 1.82) is 0 Å². The fourth-order valence-corrected chi connectivity index (χ4v) is 2.24. The van der Waals surface area contributed by atoms with E-state index in [-0.39, 0.29) is 11.8 Å². The molecule has 1 rings (SSSR count). The molecule has 0 bridgehead atoms. The van der Waals surface area contributed by atoms with Crippen LogP contribution in [-0.2, 0) is 4.79 Å². The lowest BCUT2D eigenvalue weighted by Crippen LogP contribution is -2.22. The van der Waals surface area contributed by atoms with Crippen molar-refractivity contribution in [1.82, 2.24) is 5.32 Å². The smallest absolute Gasteiger partial charge is 0.410 e. The van der Waals surface area contributed by atoms with Crippen LogP contribution in [0.5, 0.6) is 5.75 Å². The lowest BCUT2D eigenvalue weighted by Gasteiger charge is -2.21. The highest BCUT2D eigenvalue weighted by Crippen LogP contribution is 2.34. The van der Waals surface area contributed by atoms with E-state index in [0.29, 0.717) is 11.4 Å². The Balaban J connectivity index is 3.19. The summed E-state index contributed by atoms with van der Waals surface area (Å²) >= 11 is 6.04. The van der Waals surface area contributed by atoms with Crippen molar-refractivity contribution >= 4 is 29.5 Å². The van der Waals surface area contributed by atoms with Gasteiger partial charge in [-0.3, -0.25) is 4.79 Å². The molecule has 0 spiro atoms. The van der Waals surface area contributed by atoms with Gasteiger partial charge in [-0.25, -0.2) is 9.21 Å². The molecule has 1 aromatic rings. The second-order valence-electron chi connectivity index (χ2n) is 4.85. The SMILES string of the molecule is CCCC(C)c1cc(OC(=O)NC)ccc1N(Cl)C(C)=O. The molecule has 1 atom stereocenters. The first kappa shape index (κ1) is 17.3. The molecule has 21 heavy (non-hydrogen) atoms. The number of rotatable bonds is 5. The van der Waals surface area contributed by atoms with Gasteiger partial charge in [0.05, 0.1) is 5.69 Å². The Labute approximate surface area is 130 Å². The van der Waals surface area contributed by atoms with Gasteiger partial charge >= 0.3 is 6.09 Å². The molecule has 1 unspecified atom stereocenters. The molecule has 0 aliphatic carbocycles. The fraction of sp³-hybridized carbons (Fsp3) is 0.467. The molecular formula is C15H21ClN2O3. The summed E-state index contributed by atoms with van der Waals surface area (Å²) in [4.78, 5) is 22.8. The standard InChI is InChI=1S/C15H21ClN2O3/c1-5-6-10(2)13-9-12(21-15(20)17-4)7-8-14(13)18(16)11(3)19/h7-10H,5-6H2,1-4H3,(H,17,20). The number of carbonyl (C=O) groups excluding carboxylic acids is 2. The Bertz CT molecular complexity index is 520. The summed E-state index contributed by atoms with van der Waals surface area (Å²) in [5, 5.41) is 2.39. The average molecular weight is 313 g/mol. The maximum absolute atomic E-state index is 11.5. The average Bonchev–Trinajstić information content (AvgIpc) is 2.46. The zero-order chi connectivity index (χ0) is 16.0. The summed E-state index contributed by atoms with van der Waals surface area (Å²) < 4.78 is 6.22. The van der Waals surface area contributed by atoms with Crippen molar-refractivity contribution in [2.75, 3.05) is 11.5 Å². The van der Waals surface area contributed by atoms with E-state index >= 15 is 0 Å². The summed E-state index contributed by atoms with van der Waals surface area (Å²) in [5.41, 5.74) is 1.50. The Morgan fingerprint density at radius 1 is 1.43 bits per heavy atom. The minimum absolute atomic E-state index is 0.193. The molecule has 0 fully saturated rings. The van der Waals surface area contributed by atoms with E-state index in [0.717, 1.165) is 22.8 Å². The third-order valence-corrected chi connectivity index (χ3v) is 3.57. The topological polar surface area (TPSA) is 58.6 Å². The van der Waals surface area contributed by atoms with Gasteiger partial charge in [-0.2, -0.15) is 0 Å². The number of halogens is 1. The molecule has 1 N–H and O–H groups in total. The number of nitrogens with one attached hydrogen (secondary N) is 1. The van der Waals surface area contributed by atoms with Gasteiger partial charge in [0.25, 0.3) is 0 Å². The summed E-state index contributed by atoms with van der Waals surface area (Å²) in [5.74, 6) is 0.352. The van der Waals surface area contributed by atoms with Crippen LogP contribution in [0.3, 0.4) is 0 Å². The van der Waals surface area contributed by atoms with E-state index in [1.54, 1.807) is 18.2 Å². The molecule has 6 heteroatoms. The van der Waals surface area contributed by atoms with Gasteiger partial charge in [0, 0.05) is 25.7 Å². The molecule has 2 amide bonds. The van der Waals surface area contributed by atoms with Crippen molar-refractivity contribution in [2.45, 2.75) is 39.5 Å². The molecule has 0 heterocycles. The van der Waals surface area contributed by atoms with E-state index in [4.69, 9.17) is 16.5 Å². The van der Waals surface area contributed by atoms with E-state index < -0.39 is 6.09 Å². The maximum Gasteiger partial charge on any atom is 0.412 e. The number of amides is 2. The summed E-state index contributed by atoms with van der Waals surface area (Å²) in [6.45, 7) is 5.54. The van der Waals surface area contributed by atoms with Crippen molar-refractivity contribution in [3.8, 4) is 5.75 Å². The van der Waals surface area contributed by atoms with Gasteiger partial charge in [0.1, 0.15) is 5.75 Å². The Morgan fingerprint density at radius 2 is 2.10 bits per heavy atom. The van der Waals surface area contributed by atoms with Crippen LogP contribution in [0.1, 0.15) is 45.1 Å². The fourth-order valence-electron chi connectivity index (χ4n) is 2.09. The molecule has 0 saturated carbocycles. The molecule has 5 nitrogen and oxygen atoms in total. The summed E-state index contributed by atoms with van der Waals surface area (Å²) in [6.07, 6.45) is 1.41. The van der Waals surface area contributed by atoms with Crippen LogP contribution in [0, 0.1) is 0 Å². The zero-order valence-corrected chi connectivity index (χ0v) is 13.5. The highest BCUT2D eigenvalue weighted by molar-refractivity contribution is 6.36. The second kappa shape index (κ2) is 7.88. The van der Waals surface area contributed by atoms with Gasteiger partial charge in [-0.05, 0) is 36.1 Å². The maximum atomic E-state index is 11.5. The van der Waals surface area contributed by atoms with E-state index in [1.165, 1.54) is 14.0 Å². The Morgan fingerprint density at radius 3 is 2.62 bits per heavy atom. The number of carbonyl (C=O) groups is 2. The van der Waals surface area contributed by atoms with Crippen molar-refractivity contribution in [3.05, 3.63) is 23.8 Å². The summed E-state index contributed by atoms with van der Waals surface area (Å²) in [7, 11) is 1.49. The Hall–Kier alpha value is -1.75. The number of ether oxygens (including phenoxy) is 1. The van der Waals surface area contributed by atoms with E-state index in [9.17, 15) is 9.59 Å². The molecule has 0 aliphatic rings. The number of anilines is 1. The molecule has 0 radical (unpaired) electrons.